The van der Waals surface area contributed by atoms with E-state index in [4.69, 9.17) is 0 Å². The van der Waals surface area contributed by atoms with E-state index >= 15 is 0 Å². The monoisotopic (exact) mass is 343 g/mol. The van der Waals surface area contributed by atoms with Gasteiger partial charge in [-0.25, -0.2) is 9.37 Å². The molecule has 25 heavy (non-hydrogen) atoms. The third kappa shape index (κ3) is 3.76. The lowest BCUT2D eigenvalue weighted by atomic mass is 10.0. The standard InChI is InChI=1S/C18H22FN5O/c1-11(2)7-15(18-21-10-22-24(18)3)20-9-12-8-16(25)13-5-4-6-14(19)17(13)23-12/h4-6,8,10-11,15,20H,7,9H2,1-3H3,(H,23,25)/t15-/m0/s1. The summed E-state index contributed by atoms with van der Waals surface area (Å²) in [6.45, 7) is 4.68. The van der Waals surface area contributed by atoms with Crippen LogP contribution in [0.5, 0.6) is 0 Å². The van der Waals surface area contributed by atoms with Crippen molar-refractivity contribution in [1.82, 2.24) is 25.1 Å². The second kappa shape index (κ2) is 7.14. The molecule has 0 bridgehead atoms. The molecular formula is C18H22FN5O. The molecule has 2 heterocycles. The number of aromatic nitrogens is 4. The van der Waals surface area contributed by atoms with E-state index in [2.05, 4.69) is 34.2 Å². The fourth-order valence-electron chi connectivity index (χ4n) is 2.99. The topological polar surface area (TPSA) is 75.6 Å². The van der Waals surface area contributed by atoms with Crippen molar-refractivity contribution < 1.29 is 4.39 Å². The molecule has 6 nitrogen and oxygen atoms in total. The Morgan fingerprint density at radius 3 is 2.84 bits per heavy atom. The zero-order valence-electron chi connectivity index (χ0n) is 14.6. The van der Waals surface area contributed by atoms with E-state index in [1.807, 2.05) is 7.05 Å². The van der Waals surface area contributed by atoms with Crippen molar-refractivity contribution in [2.45, 2.75) is 32.9 Å². The number of para-hydroxylation sites is 1. The quantitative estimate of drug-likeness (QED) is 0.721. The molecule has 0 saturated carbocycles. The zero-order valence-corrected chi connectivity index (χ0v) is 14.6. The average Bonchev–Trinajstić information content (AvgIpc) is 2.98. The van der Waals surface area contributed by atoms with Gasteiger partial charge < -0.3 is 10.3 Å². The summed E-state index contributed by atoms with van der Waals surface area (Å²) in [7, 11) is 1.85. The van der Waals surface area contributed by atoms with Gasteiger partial charge in [0.15, 0.2) is 5.43 Å². The Morgan fingerprint density at radius 2 is 2.16 bits per heavy atom. The molecule has 3 rings (SSSR count). The summed E-state index contributed by atoms with van der Waals surface area (Å²) in [4.78, 5) is 19.6. The highest BCUT2D eigenvalue weighted by atomic mass is 19.1. The van der Waals surface area contributed by atoms with Gasteiger partial charge in [-0.2, -0.15) is 5.10 Å². The van der Waals surface area contributed by atoms with Gasteiger partial charge in [0, 0.05) is 30.7 Å². The third-order valence-electron chi connectivity index (χ3n) is 4.17. The molecule has 0 aliphatic rings. The van der Waals surface area contributed by atoms with E-state index in [9.17, 15) is 9.18 Å². The molecule has 0 aliphatic heterocycles. The van der Waals surface area contributed by atoms with Crippen LogP contribution in [0.3, 0.4) is 0 Å². The van der Waals surface area contributed by atoms with E-state index in [1.54, 1.807) is 10.7 Å². The number of fused-ring (bicyclic) bond motifs is 1. The van der Waals surface area contributed by atoms with Gasteiger partial charge in [0.25, 0.3) is 0 Å². The molecule has 1 atom stereocenters. The number of hydrogen-bond acceptors (Lipinski definition) is 4. The van der Waals surface area contributed by atoms with Crippen LogP contribution >= 0.6 is 0 Å². The van der Waals surface area contributed by atoms with Gasteiger partial charge in [-0.1, -0.05) is 19.9 Å². The average molecular weight is 343 g/mol. The van der Waals surface area contributed by atoms with E-state index in [0.717, 1.165) is 12.2 Å². The van der Waals surface area contributed by atoms with E-state index < -0.39 is 5.82 Å². The number of aromatic amines is 1. The molecule has 2 aromatic heterocycles. The number of rotatable bonds is 6. The molecule has 0 amide bonds. The van der Waals surface area contributed by atoms with E-state index in [0.29, 0.717) is 23.5 Å². The second-order valence-corrected chi connectivity index (χ2v) is 6.63. The van der Waals surface area contributed by atoms with E-state index in [-0.39, 0.29) is 17.0 Å². The maximum absolute atomic E-state index is 14.0. The first-order valence-corrected chi connectivity index (χ1v) is 8.33. The number of nitrogens with one attached hydrogen (secondary N) is 2. The number of pyridine rings is 1. The first kappa shape index (κ1) is 17.3. The Morgan fingerprint density at radius 1 is 1.36 bits per heavy atom. The highest BCUT2D eigenvalue weighted by molar-refractivity contribution is 5.78. The van der Waals surface area contributed by atoms with Crippen LogP contribution in [-0.2, 0) is 13.6 Å². The maximum Gasteiger partial charge on any atom is 0.189 e. The third-order valence-corrected chi connectivity index (χ3v) is 4.17. The molecule has 0 radical (unpaired) electrons. The Balaban J connectivity index is 1.86. The highest BCUT2D eigenvalue weighted by Gasteiger charge is 2.18. The highest BCUT2D eigenvalue weighted by Crippen LogP contribution is 2.19. The molecule has 0 aliphatic carbocycles. The summed E-state index contributed by atoms with van der Waals surface area (Å²) < 4.78 is 15.7. The maximum atomic E-state index is 14.0. The lowest BCUT2D eigenvalue weighted by Crippen LogP contribution is -2.26. The van der Waals surface area contributed by atoms with Crippen LogP contribution in [0.25, 0.3) is 10.9 Å². The second-order valence-electron chi connectivity index (χ2n) is 6.63. The van der Waals surface area contributed by atoms with Crippen LogP contribution in [0, 0.1) is 11.7 Å². The molecule has 0 fully saturated rings. The Labute approximate surface area is 145 Å². The molecule has 132 valence electrons. The first-order valence-electron chi connectivity index (χ1n) is 8.33. The summed E-state index contributed by atoms with van der Waals surface area (Å²) in [6.07, 6.45) is 2.40. The number of hydrogen-bond donors (Lipinski definition) is 2. The molecular weight excluding hydrogens is 321 g/mol. The van der Waals surface area contributed by atoms with Crippen molar-refractivity contribution >= 4 is 10.9 Å². The molecule has 0 spiro atoms. The van der Waals surface area contributed by atoms with E-state index in [1.165, 1.54) is 24.5 Å². The number of aryl methyl sites for hydroxylation is 1. The number of halogens is 1. The molecule has 0 unspecified atom stereocenters. The molecule has 3 aromatic rings. The fraction of sp³-hybridized carbons (Fsp3) is 0.389. The Bertz CT molecular complexity index is 931. The largest absolute Gasteiger partial charge is 0.355 e. The number of benzene rings is 1. The molecule has 1 aromatic carbocycles. The fourth-order valence-corrected chi connectivity index (χ4v) is 2.99. The number of H-pyrrole nitrogens is 1. The summed E-state index contributed by atoms with van der Waals surface area (Å²) >= 11 is 0. The lowest BCUT2D eigenvalue weighted by molar-refractivity contribution is 0.399. The van der Waals surface area contributed by atoms with Crippen molar-refractivity contribution in [3.63, 3.8) is 0 Å². The van der Waals surface area contributed by atoms with Crippen molar-refractivity contribution in [2.24, 2.45) is 13.0 Å². The van der Waals surface area contributed by atoms with Crippen molar-refractivity contribution in [3.05, 3.63) is 58.2 Å². The van der Waals surface area contributed by atoms with Crippen LogP contribution in [0.4, 0.5) is 4.39 Å². The summed E-state index contributed by atoms with van der Waals surface area (Å²) in [5.41, 5.74) is 0.688. The smallest absolute Gasteiger partial charge is 0.189 e. The molecule has 7 heteroatoms. The van der Waals surface area contributed by atoms with Gasteiger partial charge in [-0.05, 0) is 24.5 Å². The van der Waals surface area contributed by atoms with Crippen LogP contribution in [0.1, 0.15) is 37.8 Å². The molecule has 0 saturated heterocycles. The minimum atomic E-state index is -0.427. The van der Waals surface area contributed by atoms with Crippen LogP contribution in [0.15, 0.2) is 35.4 Å². The minimum Gasteiger partial charge on any atom is -0.355 e. The van der Waals surface area contributed by atoms with Crippen molar-refractivity contribution in [3.8, 4) is 0 Å². The first-order chi connectivity index (χ1) is 12.0. The van der Waals surface area contributed by atoms with Crippen molar-refractivity contribution in [2.75, 3.05) is 0 Å². The summed E-state index contributed by atoms with van der Waals surface area (Å²) in [5.74, 6) is 0.869. The minimum absolute atomic E-state index is 0.00711. The SMILES string of the molecule is CC(C)C[C@H](NCc1cc(=O)c2cccc(F)c2[nH]1)c1ncnn1C. The van der Waals surface area contributed by atoms with Gasteiger partial charge in [-0.15, -0.1) is 0 Å². The Kier molecular flexibility index (Phi) is 4.94. The van der Waals surface area contributed by atoms with Gasteiger partial charge in [-0.3, -0.25) is 9.48 Å². The molecule has 2 N–H and O–H groups in total. The Hall–Kier alpha value is -2.54. The van der Waals surface area contributed by atoms with Crippen LogP contribution in [0.2, 0.25) is 0 Å². The lowest BCUT2D eigenvalue weighted by Gasteiger charge is -2.20. The van der Waals surface area contributed by atoms with Gasteiger partial charge in [0.05, 0.1) is 11.6 Å². The predicted octanol–water partition coefficient (Wildman–Crippen LogP) is 2.67. The predicted molar refractivity (Wildman–Crippen MR) is 94.6 cm³/mol. The summed E-state index contributed by atoms with van der Waals surface area (Å²) in [6, 6.07) is 6.01. The van der Waals surface area contributed by atoms with Gasteiger partial charge in [0.2, 0.25) is 0 Å². The van der Waals surface area contributed by atoms with Crippen LogP contribution in [-0.4, -0.2) is 19.7 Å². The van der Waals surface area contributed by atoms with Crippen molar-refractivity contribution in [1.29, 1.82) is 0 Å². The van der Waals surface area contributed by atoms with Crippen LogP contribution < -0.4 is 10.7 Å². The normalized spacial score (nSPS) is 12.8. The zero-order chi connectivity index (χ0) is 18.0. The number of nitrogens with zero attached hydrogens (tertiary/aromatic N) is 3. The van der Waals surface area contributed by atoms with Gasteiger partial charge >= 0.3 is 0 Å². The summed E-state index contributed by atoms with van der Waals surface area (Å²) in [5, 5.41) is 7.89. The van der Waals surface area contributed by atoms with Gasteiger partial charge in [0.1, 0.15) is 18.0 Å².